The smallest absolute Gasteiger partial charge is 0.0713 e. The first-order chi connectivity index (χ1) is 10.2. The van der Waals surface area contributed by atoms with E-state index in [1.165, 1.54) is 0 Å². The number of aryl methyl sites for hydroxylation is 1. The molecule has 3 nitrogen and oxygen atoms in total. The lowest BCUT2D eigenvalue weighted by atomic mass is 9.94. The zero-order valence-corrected chi connectivity index (χ0v) is 12.4. The molecule has 2 aromatic carbocycles. The molecule has 1 heterocycles. The maximum atomic E-state index is 6.12. The average Bonchev–Trinajstić information content (AvgIpc) is 2.51. The average molecular weight is 298 g/mol. The van der Waals surface area contributed by atoms with E-state index in [1.54, 1.807) is 6.20 Å². The fourth-order valence-electron chi connectivity index (χ4n) is 2.56. The SMILES string of the molecule is Cc1ccc(Cl)cc1C(NN)c1ccc2ncccc2c1. The molecule has 4 heteroatoms. The second-order valence-corrected chi connectivity index (χ2v) is 5.49. The molecule has 3 rings (SSSR count). The van der Waals surface area contributed by atoms with E-state index in [-0.39, 0.29) is 6.04 Å². The van der Waals surface area contributed by atoms with Crippen molar-refractivity contribution < 1.29 is 0 Å². The van der Waals surface area contributed by atoms with E-state index in [9.17, 15) is 0 Å². The topological polar surface area (TPSA) is 50.9 Å². The number of hydrazine groups is 1. The van der Waals surface area contributed by atoms with E-state index in [0.717, 1.165) is 27.6 Å². The molecule has 1 atom stereocenters. The lowest BCUT2D eigenvalue weighted by Crippen LogP contribution is -2.29. The fourth-order valence-corrected chi connectivity index (χ4v) is 2.74. The summed E-state index contributed by atoms with van der Waals surface area (Å²) in [7, 11) is 0. The van der Waals surface area contributed by atoms with Gasteiger partial charge in [0.25, 0.3) is 0 Å². The number of benzene rings is 2. The van der Waals surface area contributed by atoms with Gasteiger partial charge in [0.1, 0.15) is 0 Å². The first-order valence-electron chi connectivity index (χ1n) is 6.76. The molecular weight excluding hydrogens is 282 g/mol. The van der Waals surface area contributed by atoms with Crippen LogP contribution in [0.1, 0.15) is 22.7 Å². The zero-order valence-electron chi connectivity index (χ0n) is 11.7. The van der Waals surface area contributed by atoms with Crippen LogP contribution < -0.4 is 11.3 Å². The maximum absolute atomic E-state index is 6.12. The van der Waals surface area contributed by atoms with Crippen LogP contribution in [0, 0.1) is 6.92 Å². The minimum Gasteiger partial charge on any atom is -0.271 e. The van der Waals surface area contributed by atoms with Crippen LogP contribution in [0.4, 0.5) is 0 Å². The zero-order chi connectivity index (χ0) is 14.8. The van der Waals surface area contributed by atoms with Gasteiger partial charge >= 0.3 is 0 Å². The number of hydrogen-bond acceptors (Lipinski definition) is 3. The van der Waals surface area contributed by atoms with Crippen LogP contribution in [0.25, 0.3) is 10.9 Å². The summed E-state index contributed by atoms with van der Waals surface area (Å²) in [4.78, 5) is 4.34. The van der Waals surface area contributed by atoms with Crippen molar-refractivity contribution >= 4 is 22.5 Å². The Morgan fingerprint density at radius 3 is 2.81 bits per heavy atom. The lowest BCUT2D eigenvalue weighted by Gasteiger charge is -2.20. The Morgan fingerprint density at radius 1 is 1.14 bits per heavy atom. The number of nitrogens with zero attached hydrogens (tertiary/aromatic N) is 1. The maximum Gasteiger partial charge on any atom is 0.0713 e. The first kappa shape index (κ1) is 14.0. The minimum absolute atomic E-state index is 0.103. The molecule has 0 aliphatic carbocycles. The molecule has 0 bridgehead atoms. The monoisotopic (exact) mass is 297 g/mol. The molecule has 0 amide bonds. The van der Waals surface area contributed by atoms with Gasteiger partial charge in [-0.2, -0.15) is 0 Å². The van der Waals surface area contributed by atoms with Crippen molar-refractivity contribution in [3.05, 3.63) is 76.4 Å². The van der Waals surface area contributed by atoms with Crippen molar-refractivity contribution in [1.82, 2.24) is 10.4 Å². The van der Waals surface area contributed by atoms with Gasteiger partial charge in [-0.15, -0.1) is 0 Å². The molecule has 0 saturated carbocycles. The van der Waals surface area contributed by atoms with Gasteiger partial charge in [0.15, 0.2) is 0 Å². The summed E-state index contributed by atoms with van der Waals surface area (Å²) in [5.74, 6) is 5.79. The number of rotatable bonds is 3. The van der Waals surface area contributed by atoms with Gasteiger partial charge in [0.05, 0.1) is 11.6 Å². The van der Waals surface area contributed by atoms with Gasteiger partial charge in [-0.25, -0.2) is 5.43 Å². The Balaban J connectivity index is 2.11. The summed E-state index contributed by atoms with van der Waals surface area (Å²) in [5.41, 5.74) is 7.17. The van der Waals surface area contributed by atoms with E-state index in [4.69, 9.17) is 17.4 Å². The van der Waals surface area contributed by atoms with Gasteiger partial charge in [0, 0.05) is 16.6 Å². The predicted molar refractivity (Wildman–Crippen MR) is 87.1 cm³/mol. The van der Waals surface area contributed by atoms with Crippen molar-refractivity contribution in [3.8, 4) is 0 Å². The van der Waals surface area contributed by atoms with Crippen molar-refractivity contribution in [2.24, 2.45) is 5.84 Å². The first-order valence-corrected chi connectivity index (χ1v) is 7.13. The van der Waals surface area contributed by atoms with E-state index >= 15 is 0 Å². The molecular formula is C17H16ClN3. The largest absolute Gasteiger partial charge is 0.271 e. The molecule has 0 aliphatic heterocycles. The highest BCUT2D eigenvalue weighted by Crippen LogP contribution is 2.28. The van der Waals surface area contributed by atoms with Gasteiger partial charge < -0.3 is 0 Å². The third-order valence-electron chi connectivity index (χ3n) is 3.68. The third kappa shape index (κ3) is 2.76. The van der Waals surface area contributed by atoms with Crippen molar-refractivity contribution in [2.75, 3.05) is 0 Å². The highest BCUT2D eigenvalue weighted by atomic mass is 35.5. The molecule has 0 aliphatic rings. The van der Waals surface area contributed by atoms with Crippen molar-refractivity contribution in [3.63, 3.8) is 0 Å². The van der Waals surface area contributed by atoms with E-state index in [0.29, 0.717) is 5.02 Å². The molecule has 3 N–H and O–H groups in total. The molecule has 0 radical (unpaired) electrons. The van der Waals surface area contributed by atoms with Crippen LogP contribution in [0.2, 0.25) is 5.02 Å². The summed E-state index contributed by atoms with van der Waals surface area (Å²) in [6, 6.07) is 15.9. The molecule has 1 unspecified atom stereocenters. The van der Waals surface area contributed by atoms with Gasteiger partial charge in [-0.1, -0.05) is 29.8 Å². The normalized spacial score (nSPS) is 12.5. The number of nitrogens with one attached hydrogen (secondary N) is 1. The summed E-state index contributed by atoms with van der Waals surface area (Å²) >= 11 is 6.12. The van der Waals surface area contributed by atoms with Gasteiger partial charge in [-0.3, -0.25) is 10.8 Å². The Hall–Kier alpha value is -1.94. The van der Waals surface area contributed by atoms with Crippen molar-refractivity contribution in [2.45, 2.75) is 13.0 Å². The van der Waals surface area contributed by atoms with E-state index < -0.39 is 0 Å². The van der Waals surface area contributed by atoms with Gasteiger partial charge in [-0.05, 0) is 53.9 Å². The minimum atomic E-state index is -0.103. The molecule has 106 valence electrons. The van der Waals surface area contributed by atoms with Crippen molar-refractivity contribution in [1.29, 1.82) is 0 Å². The molecule has 3 aromatic rings. The highest BCUT2D eigenvalue weighted by molar-refractivity contribution is 6.30. The summed E-state index contributed by atoms with van der Waals surface area (Å²) in [5, 5.41) is 1.80. The Kier molecular flexibility index (Phi) is 3.88. The lowest BCUT2D eigenvalue weighted by molar-refractivity contribution is 0.634. The summed E-state index contributed by atoms with van der Waals surface area (Å²) in [6.07, 6.45) is 1.79. The Labute approximate surface area is 128 Å². The predicted octanol–water partition coefficient (Wildman–Crippen LogP) is 3.75. The Morgan fingerprint density at radius 2 is 2.00 bits per heavy atom. The summed E-state index contributed by atoms with van der Waals surface area (Å²) in [6.45, 7) is 2.05. The van der Waals surface area contributed by atoms with E-state index in [1.807, 2.05) is 42.5 Å². The van der Waals surface area contributed by atoms with Crippen LogP contribution in [0.3, 0.4) is 0 Å². The molecule has 0 spiro atoms. The third-order valence-corrected chi connectivity index (χ3v) is 3.91. The van der Waals surface area contributed by atoms with Gasteiger partial charge in [0.2, 0.25) is 0 Å². The van der Waals surface area contributed by atoms with Crippen LogP contribution in [0.5, 0.6) is 0 Å². The van der Waals surface area contributed by atoms with Crippen LogP contribution >= 0.6 is 11.6 Å². The van der Waals surface area contributed by atoms with Crippen LogP contribution in [-0.2, 0) is 0 Å². The molecule has 21 heavy (non-hydrogen) atoms. The Bertz CT molecular complexity index is 786. The van der Waals surface area contributed by atoms with Crippen LogP contribution in [0.15, 0.2) is 54.7 Å². The number of fused-ring (bicyclic) bond motifs is 1. The number of nitrogens with two attached hydrogens (primary N) is 1. The highest BCUT2D eigenvalue weighted by Gasteiger charge is 2.15. The van der Waals surface area contributed by atoms with E-state index in [2.05, 4.69) is 23.4 Å². The number of halogens is 1. The number of aromatic nitrogens is 1. The molecule has 0 saturated heterocycles. The standard InChI is InChI=1S/C17H16ClN3/c1-11-4-6-14(18)10-15(11)17(21-19)13-5-7-16-12(9-13)3-2-8-20-16/h2-10,17,21H,19H2,1H3. The second-order valence-electron chi connectivity index (χ2n) is 5.06. The number of pyridine rings is 1. The second kappa shape index (κ2) is 5.82. The fraction of sp³-hybridized carbons (Fsp3) is 0.118. The quantitative estimate of drug-likeness (QED) is 0.572. The number of hydrogen-bond donors (Lipinski definition) is 2. The van der Waals surface area contributed by atoms with Crippen LogP contribution in [-0.4, -0.2) is 4.98 Å². The summed E-state index contributed by atoms with van der Waals surface area (Å²) < 4.78 is 0. The molecule has 1 aromatic heterocycles. The molecule has 0 fully saturated rings.